The second kappa shape index (κ2) is 4.71. The number of aromatic amines is 2. The molecule has 0 unspecified atom stereocenters. The minimum absolute atomic E-state index is 0.115. The Balaban J connectivity index is 2.02. The van der Waals surface area contributed by atoms with Gasteiger partial charge in [0.05, 0.1) is 16.3 Å². The molecular weight excluding hydrogens is 329 g/mol. The number of nitrogens with zero attached hydrogens (tertiary/aromatic N) is 2. The zero-order valence-corrected chi connectivity index (χ0v) is 11.9. The minimum atomic E-state index is -0.634. The van der Waals surface area contributed by atoms with Gasteiger partial charge in [0.15, 0.2) is 5.82 Å². The first-order valence-corrected chi connectivity index (χ1v) is 6.50. The summed E-state index contributed by atoms with van der Waals surface area (Å²) in [5, 5.41) is 9.19. The number of H-pyrrole nitrogens is 2. The van der Waals surface area contributed by atoms with E-state index in [-0.39, 0.29) is 11.1 Å². The van der Waals surface area contributed by atoms with Crippen molar-refractivity contribution in [3.63, 3.8) is 0 Å². The highest BCUT2D eigenvalue weighted by Crippen LogP contribution is 2.25. The summed E-state index contributed by atoms with van der Waals surface area (Å²) < 4.78 is 14.5. The first kappa shape index (κ1) is 12.8. The molecule has 0 aliphatic carbocycles. The van der Waals surface area contributed by atoms with Gasteiger partial charge >= 0.3 is 0 Å². The fraction of sp³-hybridized carbons (Fsp3) is 0.0833. The second-order valence-corrected chi connectivity index (χ2v) is 4.98. The molecule has 0 saturated heterocycles. The maximum absolute atomic E-state index is 13.9. The number of aryl methyl sites for hydroxylation is 1. The van der Waals surface area contributed by atoms with Gasteiger partial charge in [-0.3, -0.25) is 9.89 Å². The predicted molar refractivity (Wildman–Crippen MR) is 75.0 cm³/mol. The Morgan fingerprint density at radius 1 is 1.45 bits per heavy atom. The molecule has 0 bridgehead atoms. The molecule has 1 amide bonds. The van der Waals surface area contributed by atoms with E-state index < -0.39 is 11.7 Å². The molecule has 102 valence electrons. The molecule has 2 heterocycles. The SMILES string of the molecule is Cc1[nH]nc(NC(=O)c2c(F)ccc3[nH]cnc23)c1Br. The van der Waals surface area contributed by atoms with Crippen molar-refractivity contribution in [1.29, 1.82) is 0 Å². The van der Waals surface area contributed by atoms with Crippen molar-refractivity contribution < 1.29 is 9.18 Å². The van der Waals surface area contributed by atoms with E-state index in [1.165, 1.54) is 18.5 Å². The largest absolute Gasteiger partial charge is 0.345 e. The molecule has 20 heavy (non-hydrogen) atoms. The van der Waals surface area contributed by atoms with Crippen molar-refractivity contribution in [3.8, 4) is 0 Å². The summed E-state index contributed by atoms with van der Waals surface area (Å²) in [6, 6.07) is 2.75. The third-order valence-electron chi connectivity index (χ3n) is 2.87. The number of amides is 1. The molecule has 0 saturated carbocycles. The van der Waals surface area contributed by atoms with Crippen LogP contribution in [0.3, 0.4) is 0 Å². The van der Waals surface area contributed by atoms with Gasteiger partial charge in [-0.15, -0.1) is 0 Å². The molecule has 0 aliphatic heterocycles. The van der Waals surface area contributed by atoms with Gasteiger partial charge in [-0.05, 0) is 35.0 Å². The number of anilines is 1. The monoisotopic (exact) mass is 337 g/mol. The molecule has 0 atom stereocenters. The number of hydrogen-bond acceptors (Lipinski definition) is 3. The Hall–Kier alpha value is -2.22. The molecule has 0 aliphatic rings. The van der Waals surface area contributed by atoms with Crippen LogP contribution in [-0.4, -0.2) is 26.1 Å². The van der Waals surface area contributed by atoms with Crippen molar-refractivity contribution in [2.24, 2.45) is 0 Å². The normalized spacial score (nSPS) is 10.9. The number of halogens is 2. The van der Waals surface area contributed by atoms with Gasteiger partial charge in [-0.25, -0.2) is 9.37 Å². The molecule has 3 aromatic rings. The van der Waals surface area contributed by atoms with Gasteiger partial charge in [0.2, 0.25) is 0 Å². The van der Waals surface area contributed by atoms with Crippen molar-refractivity contribution in [2.75, 3.05) is 5.32 Å². The van der Waals surface area contributed by atoms with Crippen molar-refractivity contribution in [3.05, 3.63) is 40.0 Å². The van der Waals surface area contributed by atoms with E-state index in [0.29, 0.717) is 15.8 Å². The fourth-order valence-electron chi connectivity index (χ4n) is 1.87. The van der Waals surface area contributed by atoms with Gasteiger partial charge in [0, 0.05) is 5.69 Å². The van der Waals surface area contributed by atoms with Crippen LogP contribution in [0, 0.1) is 12.7 Å². The van der Waals surface area contributed by atoms with Gasteiger partial charge in [-0.1, -0.05) is 0 Å². The first-order valence-electron chi connectivity index (χ1n) is 5.71. The number of nitrogens with one attached hydrogen (secondary N) is 3. The number of imidazole rings is 1. The smallest absolute Gasteiger partial charge is 0.262 e. The van der Waals surface area contributed by atoms with E-state index in [2.05, 4.69) is 41.4 Å². The van der Waals surface area contributed by atoms with Gasteiger partial charge in [-0.2, -0.15) is 5.10 Å². The van der Waals surface area contributed by atoms with E-state index in [9.17, 15) is 9.18 Å². The minimum Gasteiger partial charge on any atom is -0.345 e. The zero-order chi connectivity index (χ0) is 14.3. The lowest BCUT2D eigenvalue weighted by atomic mass is 10.1. The van der Waals surface area contributed by atoms with Gasteiger partial charge in [0.25, 0.3) is 5.91 Å². The van der Waals surface area contributed by atoms with E-state index >= 15 is 0 Å². The molecule has 8 heteroatoms. The molecule has 2 aromatic heterocycles. The molecule has 0 spiro atoms. The van der Waals surface area contributed by atoms with Crippen LogP contribution in [0.15, 0.2) is 22.9 Å². The first-order chi connectivity index (χ1) is 9.58. The van der Waals surface area contributed by atoms with E-state index in [1.54, 1.807) is 6.92 Å². The summed E-state index contributed by atoms with van der Waals surface area (Å²) in [6.45, 7) is 1.79. The highest BCUT2D eigenvalue weighted by Gasteiger charge is 2.20. The third kappa shape index (κ3) is 1.97. The summed E-state index contributed by atoms with van der Waals surface area (Å²) in [5.74, 6) is -0.933. The van der Waals surface area contributed by atoms with Crippen LogP contribution < -0.4 is 5.32 Å². The van der Waals surface area contributed by atoms with Crippen molar-refractivity contribution in [1.82, 2.24) is 20.2 Å². The van der Waals surface area contributed by atoms with Crippen LogP contribution in [-0.2, 0) is 0 Å². The van der Waals surface area contributed by atoms with Crippen molar-refractivity contribution >= 4 is 38.7 Å². The zero-order valence-electron chi connectivity index (χ0n) is 10.3. The number of rotatable bonds is 2. The number of fused-ring (bicyclic) bond motifs is 1. The van der Waals surface area contributed by atoms with Crippen LogP contribution in [0.25, 0.3) is 11.0 Å². The van der Waals surface area contributed by atoms with Crippen molar-refractivity contribution in [2.45, 2.75) is 6.92 Å². The summed E-state index contributed by atoms with van der Waals surface area (Å²) >= 11 is 3.29. The predicted octanol–water partition coefficient (Wildman–Crippen LogP) is 2.75. The molecule has 0 radical (unpaired) electrons. The van der Waals surface area contributed by atoms with E-state index in [0.717, 1.165) is 5.69 Å². The second-order valence-electron chi connectivity index (χ2n) is 4.19. The number of carbonyl (C=O) groups excluding carboxylic acids is 1. The number of aromatic nitrogens is 4. The number of benzene rings is 1. The molecular formula is C12H9BrFN5O. The van der Waals surface area contributed by atoms with Crippen LogP contribution in [0.5, 0.6) is 0 Å². The Labute approximate surface area is 120 Å². The molecule has 0 fully saturated rings. The highest BCUT2D eigenvalue weighted by atomic mass is 79.9. The average molecular weight is 338 g/mol. The Bertz CT molecular complexity index is 809. The van der Waals surface area contributed by atoms with E-state index in [1.807, 2.05) is 0 Å². The number of carbonyl (C=O) groups is 1. The molecule has 3 rings (SSSR count). The number of hydrogen-bond donors (Lipinski definition) is 3. The Morgan fingerprint density at radius 3 is 2.95 bits per heavy atom. The van der Waals surface area contributed by atoms with E-state index in [4.69, 9.17) is 0 Å². The lowest BCUT2D eigenvalue weighted by Gasteiger charge is -2.05. The standard InChI is InChI=1S/C12H9BrFN5O/c1-5-9(13)11(19-18-5)17-12(20)8-6(14)2-3-7-10(8)16-4-15-7/h2-4H,1H3,(H,15,16)(H2,17,18,19,20). The lowest BCUT2D eigenvalue weighted by molar-refractivity contribution is 0.102. The molecule has 3 N–H and O–H groups in total. The van der Waals surface area contributed by atoms with Crippen LogP contribution >= 0.6 is 15.9 Å². The summed E-state index contributed by atoms with van der Waals surface area (Å²) in [5.41, 5.74) is 1.52. The Kier molecular flexibility index (Phi) is 3.01. The molecule has 6 nitrogen and oxygen atoms in total. The van der Waals surface area contributed by atoms with Crippen LogP contribution in [0.4, 0.5) is 10.2 Å². The quantitative estimate of drug-likeness (QED) is 0.672. The Morgan fingerprint density at radius 2 is 2.25 bits per heavy atom. The summed E-state index contributed by atoms with van der Waals surface area (Å²) in [4.78, 5) is 19.0. The van der Waals surface area contributed by atoms with Gasteiger partial charge in [0.1, 0.15) is 16.9 Å². The summed E-state index contributed by atoms with van der Waals surface area (Å²) in [7, 11) is 0. The van der Waals surface area contributed by atoms with Crippen LogP contribution in [0.2, 0.25) is 0 Å². The molecule has 1 aromatic carbocycles. The third-order valence-corrected chi connectivity index (χ3v) is 3.84. The fourth-order valence-corrected chi connectivity index (χ4v) is 2.14. The topological polar surface area (TPSA) is 86.5 Å². The maximum atomic E-state index is 13.9. The maximum Gasteiger partial charge on any atom is 0.262 e. The summed E-state index contributed by atoms with van der Waals surface area (Å²) in [6.07, 6.45) is 1.41. The average Bonchev–Trinajstić information content (AvgIpc) is 3.00. The van der Waals surface area contributed by atoms with Crippen LogP contribution in [0.1, 0.15) is 16.1 Å². The lowest BCUT2D eigenvalue weighted by Crippen LogP contribution is -2.15. The highest BCUT2D eigenvalue weighted by molar-refractivity contribution is 9.10. The van der Waals surface area contributed by atoms with Gasteiger partial charge < -0.3 is 10.3 Å².